The summed E-state index contributed by atoms with van der Waals surface area (Å²) in [6.07, 6.45) is 1.30. The molecule has 0 atom stereocenters. The summed E-state index contributed by atoms with van der Waals surface area (Å²) in [7, 11) is 0. The maximum atomic E-state index is 11.3. The van der Waals surface area contributed by atoms with Gasteiger partial charge in [0.25, 0.3) is 0 Å². The Balaban J connectivity index is 3.17. The Labute approximate surface area is 70.4 Å². The predicted octanol–water partition coefficient (Wildman–Crippen LogP) is 0.393. The van der Waals surface area contributed by atoms with E-state index in [0.717, 1.165) is 0 Å². The molecule has 0 aromatic carbocycles. The minimum absolute atomic E-state index is 0.184. The Kier molecular flexibility index (Phi) is 2.24. The van der Waals surface area contributed by atoms with Crippen molar-refractivity contribution in [3.63, 3.8) is 0 Å². The molecule has 3 heteroatoms. The summed E-state index contributed by atoms with van der Waals surface area (Å²) in [5, 5.41) is 8.81. The standard InChI is InChI=1S/C9H10O3/c1-5-3-8(11)6(2)7(4-10)9(5)12/h3,10H,4H2,1-2H3. The fourth-order valence-corrected chi connectivity index (χ4v) is 1.12. The molecule has 1 rings (SSSR count). The fourth-order valence-electron chi connectivity index (χ4n) is 1.12. The topological polar surface area (TPSA) is 54.4 Å². The van der Waals surface area contributed by atoms with Gasteiger partial charge in [0, 0.05) is 16.7 Å². The lowest BCUT2D eigenvalue weighted by atomic mass is 9.92. The van der Waals surface area contributed by atoms with E-state index in [4.69, 9.17) is 5.11 Å². The molecule has 0 saturated heterocycles. The number of hydrogen-bond donors (Lipinski definition) is 1. The Morgan fingerprint density at radius 2 is 1.92 bits per heavy atom. The summed E-state index contributed by atoms with van der Waals surface area (Å²) < 4.78 is 0. The van der Waals surface area contributed by atoms with Crippen LogP contribution in [-0.4, -0.2) is 23.3 Å². The first-order valence-corrected chi connectivity index (χ1v) is 3.66. The van der Waals surface area contributed by atoms with Crippen molar-refractivity contribution in [3.8, 4) is 0 Å². The van der Waals surface area contributed by atoms with Crippen LogP contribution in [0.2, 0.25) is 0 Å². The molecule has 0 radical (unpaired) electrons. The first-order chi connectivity index (χ1) is 5.57. The van der Waals surface area contributed by atoms with Crippen LogP contribution >= 0.6 is 0 Å². The van der Waals surface area contributed by atoms with E-state index in [-0.39, 0.29) is 23.7 Å². The zero-order valence-corrected chi connectivity index (χ0v) is 7.05. The molecule has 0 spiro atoms. The van der Waals surface area contributed by atoms with Gasteiger partial charge in [0.15, 0.2) is 11.6 Å². The number of hydrogen-bond acceptors (Lipinski definition) is 3. The fraction of sp³-hybridized carbons (Fsp3) is 0.333. The molecule has 0 heterocycles. The highest BCUT2D eigenvalue weighted by Gasteiger charge is 2.22. The minimum Gasteiger partial charge on any atom is -0.392 e. The maximum Gasteiger partial charge on any atom is 0.187 e. The average Bonchev–Trinajstić information content (AvgIpc) is 2.02. The van der Waals surface area contributed by atoms with Crippen LogP contribution in [0.25, 0.3) is 0 Å². The zero-order chi connectivity index (χ0) is 9.30. The van der Waals surface area contributed by atoms with Crippen LogP contribution in [0.3, 0.4) is 0 Å². The Bertz CT molecular complexity index is 308. The quantitative estimate of drug-likeness (QED) is 0.573. The molecule has 1 aliphatic carbocycles. The minimum atomic E-state index is -0.360. The van der Waals surface area contributed by atoms with E-state index in [1.807, 2.05) is 0 Å². The summed E-state index contributed by atoms with van der Waals surface area (Å²) in [6.45, 7) is 2.76. The van der Waals surface area contributed by atoms with Crippen molar-refractivity contribution in [2.75, 3.05) is 6.61 Å². The van der Waals surface area contributed by atoms with E-state index in [9.17, 15) is 9.59 Å². The van der Waals surface area contributed by atoms with Crippen LogP contribution in [-0.2, 0) is 9.59 Å². The molecule has 0 saturated carbocycles. The molecule has 0 fully saturated rings. The number of carbonyl (C=O) groups is 2. The molecule has 0 unspecified atom stereocenters. The van der Waals surface area contributed by atoms with Crippen molar-refractivity contribution in [1.29, 1.82) is 0 Å². The highest BCUT2D eigenvalue weighted by molar-refractivity contribution is 6.22. The van der Waals surface area contributed by atoms with Gasteiger partial charge < -0.3 is 5.11 Å². The molecule has 0 amide bonds. The van der Waals surface area contributed by atoms with Gasteiger partial charge in [0.1, 0.15) is 0 Å². The second-order valence-corrected chi connectivity index (χ2v) is 2.78. The smallest absolute Gasteiger partial charge is 0.187 e. The lowest BCUT2D eigenvalue weighted by Crippen LogP contribution is -2.18. The zero-order valence-electron chi connectivity index (χ0n) is 7.05. The first kappa shape index (κ1) is 8.87. The summed E-state index contributed by atoms with van der Waals surface area (Å²) in [5.74, 6) is -0.411. The molecule has 0 aliphatic heterocycles. The molecule has 3 nitrogen and oxygen atoms in total. The summed E-state index contributed by atoms with van der Waals surface area (Å²) in [4.78, 5) is 22.4. The van der Waals surface area contributed by atoms with E-state index in [2.05, 4.69) is 0 Å². The molecule has 1 aliphatic rings. The number of Topliss-reactive ketones (excluding diaryl/α,β-unsaturated/α-hetero) is 1. The van der Waals surface area contributed by atoms with Crippen LogP contribution in [0, 0.1) is 0 Å². The van der Waals surface area contributed by atoms with E-state index in [1.54, 1.807) is 13.8 Å². The van der Waals surface area contributed by atoms with E-state index < -0.39 is 0 Å². The van der Waals surface area contributed by atoms with Gasteiger partial charge in [-0.25, -0.2) is 0 Å². The second kappa shape index (κ2) is 3.03. The largest absolute Gasteiger partial charge is 0.392 e. The van der Waals surface area contributed by atoms with Gasteiger partial charge in [-0.1, -0.05) is 0 Å². The van der Waals surface area contributed by atoms with Gasteiger partial charge in [0.05, 0.1) is 6.61 Å². The van der Waals surface area contributed by atoms with Crippen molar-refractivity contribution in [2.24, 2.45) is 0 Å². The highest BCUT2D eigenvalue weighted by Crippen LogP contribution is 2.17. The number of allylic oxidation sites excluding steroid dienone is 3. The lowest BCUT2D eigenvalue weighted by molar-refractivity contribution is -0.116. The van der Waals surface area contributed by atoms with Gasteiger partial charge >= 0.3 is 0 Å². The van der Waals surface area contributed by atoms with Gasteiger partial charge in [0.2, 0.25) is 0 Å². The number of aliphatic hydroxyl groups excluding tert-OH is 1. The Morgan fingerprint density at radius 3 is 2.42 bits per heavy atom. The first-order valence-electron chi connectivity index (χ1n) is 3.66. The van der Waals surface area contributed by atoms with Crippen molar-refractivity contribution >= 4 is 11.6 Å². The van der Waals surface area contributed by atoms with Crippen molar-refractivity contribution in [2.45, 2.75) is 13.8 Å². The van der Waals surface area contributed by atoms with Crippen molar-refractivity contribution < 1.29 is 14.7 Å². The van der Waals surface area contributed by atoms with Crippen molar-refractivity contribution in [3.05, 3.63) is 22.8 Å². The third-order valence-electron chi connectivity index (χ3n) is 1.96. The molecule has 1 N–H and O–H groups in total. The Hall–Kier alpha value is -1.22. The number of rotatable bonds is 1. The normalized spacial score (nSPS) is 18.4. The van der Waals surface area contributed by atoms with Crippen LogP contribution in [0.5, 0.6) is 0 Å². The molecule has 0 bridgehead atoms. The SMILES string of the molecule is CC1=CC(=O)C(C)=C(CO)C1=O. The number of ketones is 2. The second-order valence-electron chi connectivity index (χ2n) is 2.78. The molecular formula is C9H10O3. The molecule has 0 aromatic heterocycles. The van der Waals surface area contributed by atoms with E-state index >= 15 is 0 Å². The van der Waals surface area contributed by atoms with Gasteiger partial charge in [-0.3, -0.25) is 9.59 Å². The average molecular weight is 166 g/mol. The maximum absolute atomic E-state index is 11.3. The molecule has 12 heavy (non-hydrogen) atoms. The van der Waals surface area contributed by atoms with E-state index in [0.29, 0.717) is 11.1 Å². The lowest BCUT2D eigenvalue weighted by Gasteiger charge is -2.11. The van der Waals surface area contributed by atoms with Crippen LogP contribution < -0.4 is 0 Å². The van der Waals surface area contributed by atoms with Gasteiger partial charge in [-0.15, -0.1) is 0 Å². The third-order valence-corrected chi connectivity index (χ3v) is 1.96. The summed E-state index contributed by atoms with van der Waals surface area (Å²) in [5.41, 5.74) is 0.975. The van der Waals surface area contributed by atoms with Gasteiger partial charge in [-0.05, 0) is 19.9 Å². The highest BCUT2D eigenvalue weighted by atomic mass is 16.3. The monoisotopic (exact) mass is 166 g/mol. The molecular weight excluding hydrogens is 156 g/mol. The predicted molar refractivity (Wildman–Crippen MR) is 43.6 cm³/mol. The molecule has 0 aromatic rings. The molecule has 64 valence electrons. The van der Waals surface area contributed by atoms with Crippen LogP contribution in [0.15, 0.2) is 22.8 Å². The van der Waals surface area contributed by atoms with Gasteiger partial charge in [-0.2, -0.15) is 0 Å². The number of aliphatic hydroxyl groups is 1. The third kappa shape index (κ3) is 1.23. The Morgan fingerprint density at radius 1 is 1.33 bits per heavy atom. The van der Waals surface area contributed by atoms with Crippen molar-refractivity contribution in [1.82, 2.24) is 0 Å². The van der Waals surface area contributed by atoms with Crippen LogP contribution in [0.1, 0.15) is 13.8 Å². The van der Waals surface area contributed by atoms with E-state index in [1.165, 1.54) is 6.08 Å². The number of carbonyl (C=O) groups excluding carboxylic acids is 2. The van der Waals surface area contributed by atoms with Crippen LogP contribution in [0.4, 0.5) is 0 Å². The summed E-state index contributed by atoms with van der Waals surface area (Å²) >= 11 is 0. The summed E-state index contributed by atoms with van der Waals surface area (Å²) in [6, 6.07) is 0.